The Morgan fingerprint density at radius 1 is 0.689 bits per heavy atom. The molecule has 218 valence electrons. The van der Waals surface area contributed by atoms with Gasteiger partial charge in [0.15, 0.2) is 5.84 Å². The lowest BCUT2D eigenvalue weighted by atomic mass is 9.96. The molecule has 0 saturated carbocycles. The smallest absolute Gasteiger partial charge is 0.180 e. The van der Waals surface area contributed by atoms with E-state index in [0.717, 1.165) is 28.7 Å². The average Bonchev–Trinajstić information content (AvgIpc) is 3.45. The molecule has 0 fully saturated rings. The molecule has 5 aromatic carbocycles. The van der Waals surface area contributed by atoms with Crippen LogP contribution in [0.5, 0.6) is 0 Å². The highest BCUT2D eigenvalue weighted by Gasteiger charge is 2.21. The Labute approximate surface area is 271 Å². The number of thiocarbonyl (C=S) groups is 2. The summed E-state index contributed by atoms with van der Waals surface area (Å²) in [4.78, 5) is 5.71. The van der Waals surface area contributed by atoms with E-state index in [-0.39, 0.29) is 6.04 Å². The third-order valence-corrected chi connectivity index (χ3v) is 9.31. The lowest BCUT2D eigenvalue weighted by Gasteiger charge is -2.21. The van der Waals surface area contributed by atoms with Crippen molar-refractivity contribution in [2.24, 2.45) is 21.7 Å². The van der Waals surface area contributed by atoms with E-state index in [9.17, 15) is 0 Å². The minimum atomic E-state index is 0.158. The molecule has 0 spiro atoms. The predicted molar refractivity (Wildman–Crippen MR) is 196 cm³/mol. The molecule has 0 aliphatic heterocycles. The topological polar surface area (TPSA) is 81.7 Å². The number of para-hydroxylation sites is 1. The van der Waals surface area contributed by atoms with E-state index in [1.807, 2.05) is 54.6 Å². The molecule has 45 heavy (non-hydrogen) atoms. The number of rotatable bonds is 6. The number of allylic oxidation sites excluding steroid dienone is 4. The second kappa shape index (κ2) is 12.0. The van der Waals surface area contributed by atoms with Crippen molar-refractivity contribution in [2.75, 3.05) is 0 Å². The van der Waals surface area contributed by atoms with Gasteiger partial charge in [0, 0.05) is 27.4 Å². The molecule has 0 amide bonds. The highest BCUT2D eigenvalue weighted by Crippen LogP contribution is 2.38. The second-order valence-corrected chi connectivity index (χ2v) is 11.8. The van der Waals surface area contributed by atoms with Gasteiger partial charge in [0.2, 0.25) is 0 Å². The first-order valence-corrected chi connectivity index (χ1v) is 15.5. The number of hydrogen-bond acceptors (Lipinski definition) is 4. The highest BCUT2D eigenvalue weighted by atomic mass is 32.1. The fraction of sp³-hybridized carbons (Fsp3) is 0.0526. The summed E-state index contributed by atoms with van der Waals surface area (Å²) < 4.78 is 2.45. The van der Waals surface area contributed by atoms with Crippen LogP contribution in [0.15, 0.2) is 149 Å². The van der Waals surface area contributed by atoms with Crippen molar-refractivity contribution in [3.63, 3.8) is 0 Å². The van der Waals surface area contributed by atoms with Crippen molar-refractivity contribution in [2.45, 2.75) is 12.5 Å². The summed E-state index contributed by atoms with van der Waals surface area (Å²) in [6, 6.07) is 39.0. The number of aliphatic imine (C=N–C) groups is 1. The van der Waals surface area contributed by atoms with Gasteiger partial charge in [-0.25, -0.2) is 4.99 Å². The zero-order valence-electron chi connectivity index (χ0n) is 24.3. The van der Waals surface area contributed by atoms with E-state index >= 15 is 0 Å². The van der Waals surface area contributed by atoms with Crippen LogP contribution in [-0.4, -0.2) is 26.0 Å². The molecule has 1 atom stereocenters. The van der Waals surface area contributed by atoms with Crippen molar-refractivity contribution in [1.82, 2.24) is 4.57 Å². The van der Waals surface area contributed by atoms with Gasteiger partial charge in [-0.2, -0.15) is 5.10 Å². The Morgan fingerprint density at radius 2 is 1.38 bits per heavy atom. The molecule has 6 aromatic rings. The minimum absolute atomic E-state index is 0.158. The van der Waals surface area contributed by atoms with Crippen LogP contribution >= 0.6 is 24.4 Å². The van der Waals surface area contributed by atoms with E-state index in [1.54, 1.807) is 0 Å². The fourth-order valence-corrected chi connectivity index (χ4v) is 6.61. The maximum atomic E-state index is 6.19. The molecule has 7 rings (SSSR count). The minimum Gasteiger partial charge on any atom is -0.383 e. The number of nitrogens with zero attached hydrogens (tertiary/aromatic N) is 3. The monoisotopic (exact) mass is 619 g/mol. The van der Waals surface area contributed by atoms with Gasteiger partial charge in [-0.15, -0.1) is 0 Å². The van der Waals surface area contributed by atoms with E-state index < -0.39 is 0 Å². The van der Waals surface area contributed by atoms with Gasteiger partial charge in [0.25, 0.3) is 0 Å². The Bertz CT molecular complexity index is 2240. The van der Waals surface area contributed by atoms with Crippen molar-refractivity contribution < 1.29 is 0 Å². The van der Waals surface area contributed by atoms with E-state index in [4.69, 9.17) is 36.0 Å². The summed E-state index contributed by atoms with van der Waals surface area (Å²) in [5, 5.41) is 8.94. The first-order chi connectivity index (χ1) is 22.0. The maximum absolute atomic E-state index is 6.19. The van der Waals surface area contributed by atoms with Gasteiger partial charge >= 0.3 is 0 Å². The number of amidine groups is 2. The first kappa shape index (κ1) is 28.5. The fourth-order valence-electron chi connectivity index (χ4n) is 6.08. The van der Waals surface area contributed by atoms with Crippen LogP contribution < -0.4 is 11.6 Å². The van der Waals surface area contributed by atoms with E-state index in [1.165, 1.54) is 32.6 Å². The van der Waals surface area contributed by atoms with Crippen molar-refractivity contribution >= 4 is 78.4 Å². The molecule has 5 nitrogen and oxygen atoms in total. The maximum Gasteiger partial charge on any atom is 0.180 e. The molecule has 0 saturated heterocycles. The van der Waals surface area contributed by atoms with Crippen LogP contribution in [0.4, 0.5) is 0 Å². The molecule has 0 radical (unpaired) electrons. The molecule has 1 aliphatic rings. The van der Waals surface area contributed by atoms with Gasteiger partial charge in [-0.05, 0) is 40.5 Å². The molecule has 4 N–H and O–H groups in total. The van der Waals surface area contributed by atoms with Gasteiger partial charge in [0.05, 0.1) is 21.3 Å². The average molecular weight is 620 g/mol. The second-order valence-electron chi connectivity index (χ2n) is 10.9. The van der Waals surface area contributed by atoms with E-state index in [2.05, 4.69) is 93.6 Å². The number of aromatic nitrogens is 1. The molecule has 7 heteroatoms. The molecule has 1 heterocycles. The Kier molecular flexibility index (Phi) is 7.63. The number of benzene rings is 5. The van der Waals surface area contributed by atoms with Gasteiger partial charge in [-0.1, -0.05) is 146 Å². The first-order valence-electron chi connectivity index (χ1n) is 14.7. The quantitative estimate of drug-likeness (QED) is 0.0492. The molecular weight excluding hydrogens is 591 g/mol. The van der Waals surface area contributed by atoms with Crippen LogP contribution in [-0.2, 0) is 0 Å². The SMILES string of the molecule is NN=C(N=C(N)c1ccccc1)c1ccc(C(=S)C(=S)C2=CCC(n3c4ccccc4c4c5ccccc5ccc43)C=C2)cc1. The zero-order chi connectivity index (χ0) is 30.9. The standard InChI is InChI=1S/C38H29N5S2/c39-37(27-9-2-1-3-10-27)41-38(42-40)28-16-14-25(15-17-28)35(44)36(45)26-18-21-29(22-19-26)43-32-13-7-6-12-31(32)34-30-11-5-4-8-24(30)20-23-33(34)43/h1-21,23,29H,22,40H2,(H2,39,41,42). The molecule has 1 aliphatic carbocycles. The summed E-state index contributed by atoms with van der Waals surface area (Å²) in [6.45, 7) is 0. The summed E-state index contributed by atoms with van der Waals surface area (Å²) in [6.07, 6.45) is 7.37. The summed E-state index contributed by atoms with van der Waals surface area (Å²) in [7, 11) is 0. The van der Waals surface area contributed by atoms with Crippen molar-refractivity contribution in [3.8, 4) is 0 Å². The summed E-state index contributed by atoms with van der Waals surface area (Å²) in [5.41, 5.74) is 12.0. The zero-order valence-corrected chi connectivity index (χ0v) is 25.9. The normalized spacial score (nSPS) is 15.5. The Balaban J connectivity index is 1.11. The van der Waals surface area contributed by atoms with Crippen LogP contribution in [0.25, 0.3) is 32.6 Å². The largest absolute Gasteiger partial charge is 0.383 e. The van der Waals surface area contributed by atoms with E-state index in [0.29, 0.717) is 21.4 Å². The molecular formula is C38H29N5S2. The highest BCUT2D eigenvalue weighted by molar-refractivity contribution is 7.90. The molecule has 1 aromatic heterocycles. The number of fused-ring (bicyclic) bond motifs is 5. The van der Waals surface area contributed by atoms with Crippen molar-refractivity contribution in [3.05, 3.63) is 156 Å². The van der Waals surface area contributed by atoms with Crippen LogP contribution in [0.2, 0.25) is 0 Å². The molecule has 1 unspecified atom stereocenters. The number of nitrogens with two attached hydrogens (primary N) is 2. The third kappa shape index (κ3) is 5.26. The Morgan fingerprint density at radius 3 is 2.11 bits per heavy atom. The van der Waals surface area contributed by atoms with Crippen LogP contribution in [0, 0.1) is 0 Å². The summed E-state index contributed by atoms with van der Waals surface area (Å²) in [5.74, 6) is 6.34. The lowest BCUT2D eigenvalue weighted by molar-refractivity contribution is 0.646. The number of hydrazone groups is 1. The third-order valence-electron chi connectivity index (χ3n) is 8.30. The van der Waals surface area contributed by atoms with Crippen LogP contribution in [0.3, 0.4) is 0 Å². The Hall–Kier alpha value is -5.24. The lowest BCUT2D eigenvalue weighted by Crippen LogP contribution is -2.17. The number of hydrogen-bond donors (Lipinski definition) is 2. The summed E-state index contributed by atoms with van der Waals surface area (Å²) >= 11 is 11.7. The van der Waals surface area contributed by atoms with Crippen LogP contribution in [0.1, 0.15) is 29.2 Å². The van der Waals surface area contributed by atoms with Gasteiger partial charge < -0.3 is 16.1 Å². The van der Waals surface area contributed by atoms with Gasteiger partial charge in [0.1, 0.15) is 5.84 Å². The van der Waals surface area contributed by atoms with Crippen molar-refractivity contribution in [1.29, 1.82) is 0 Å². The predicted octanol–water partition coefficient (Wildman–Crippen LogP) is 8.19. The molecule has 0 bridgehead atoms. The van der Waals surface area contributed by atoms with Gasteiger partial charge in [-0.3, -0.25) is 0 Å².